The zero-order valence-corrected chi connectivity index (χ0v) is 10.7. The van der Waals surface area contributed by atoms with Crippen LogP contribution in [0.2, 0.25) is 0 Å². The molecule has 1 aliphatic rings. The first-order valence-electron chi connectivity index (χ1n) is 5.53. The second kappa shape index (κ2) is 4.31. The minimum atomic E-state index is -1.30. The molecule has 92 valence electrons. The number of hydrogen-bond donors (Lipinski definition) is 0. The number of carbonyl (C=O) groups excluding carboxylic acids is 1. The van der Waals surface area contributed by atoms with Crippen molar-refractivity contribution in [1.29, 1.82) is 0 Å². The Bertz CT molecular complexity index is 420. The van der Waals surface area contributed by atoms with E-state index < -0.39 is 16.6 Å². The highest BCUT2D eigenvalue weighted by Crippen LogP contribution is 2.54. The van der Waals surface area contributed by atoms with Gasteiger partial charge in [-0.15, -0.1) is 0 Å². The molecule has 0 bridgehead atoms. The van der Waals surface area contributed by atoms with Crippen LogP contribution in [-0.2, 0) is 20.7 Å². The van der Waals surface area contributed by atoms with Gasteiger partial charge in [-0.2, -0.15) is 0 Å². The first kappa shape index (κ1) is 12.4. The van der Waals surface area contributed by atoms with Crippen LogP contribution in [0.3, 0.4) is 0 Å². The first-order valence-corrected chi connectivity index (χ1v) is 5.91. The fourth-order valence-corrected chi connectivity index (χ4v) is 2.26. The summed E-state index contributed by atoms with van der Waals surface area (Å²) in [5, 5.41) is -1.30. The van der Waals surface area contributed by atoms with Crippen LogP contribution in [0, 0.1) is 0 Å². The van der Waals surface area contributed by atoms with E-state index in [-0.39, 0.29) is 0 Å². The highest BCUT2D eigenvalue weighted by atomic mass is 35.5. The highest BCUT2D eigenvalue weighted by molar-refractivity contribution is 6.35. The molecule has 1 saturated heterocycles. The van der Waals surface area contributed by atoms with E-state index in [4.69, 9.17) is 16.3 Å². The fourth-order valence-electron chi connectivity index (χ4n) is 1.91. The Morgan fingerprint density at radius 1 is 1.41 bits per heavy atom. The predicted molar refractivity (Wildman–Crippen MR) is 64.9 cm³/mol. The third-order valence-corrected chi connectivity index (χ3v) is 3.82. The molecular weight excluding hydrogens is 240 g/mol. The standard InChI is InChI=1S/C13H15ClO3/c1-12(13(14,17-12)11(15)16-2)9-8-10-6-4-3-5-7-10/h3-7H,8-9H2,1-2H3. The Labute approximate surface area is 106 Å². The van der Waals surface area contributed by atoms with Crippen LogP contribution in [0.25, 0.3) is 0 Å². The number of epoxide rings is 1. The number of methoxy groups -OCH3 is 1. The minimum Gasteiger partial charge on any atom is -0.466 e. The number of alkyl halides is 1. The number of benzene rings is 1. The van der Waals surface area contributed by atoms with Crippen LogP contribution in [0.1, 0.15) is 18.9 Å². The van der Waals surface area contributed by atoms with Gasteiger partial charge in [0.05, 0.1) is 7.11 Å². The molecule has 0 amide bonds. The zero-order chi connectivity index (χ0) is 12.5. The van der Waals surface area contributed by atoms with Gasteiger partial charge in [0, 0.05) is 0 Å². The molecule has 1 aromatic carbocycles. The van der Waals surface area contributed by atoms with Crippen LogP contribution in [0.4, 0.5) is 0 Å². The second-order valence-corrected chi connectivity index (χ2v) is 4.94. The van der Waals surface area contributed by atoms with Crippen LogP contribution in [0.5, 0.6) is 0 Å². The van der Waals surface area contributed by atoms with Crippen LogP contribution in [-0.4, -0.2) is 23.7 Å². The van der Waals surface area contributed by atoms with Gasteiger partial charge in [0.2, 0.25) is 0 Å². The van der Waals surface area contributed by atoms with Crippen molar-refractivity contribution in [3.63, 3.8) is 0 Å². The number of rotatable bonds is 4. The van der Waals surface area contributed by atoms with E-state index in [2.05, 4.69) is 4.74 Å². The van der Waals surface area contributed by atoms with Crippen molar-refractivity contribution >= 4 is 17.6 Å². The average Bonchev–Trinajstić information content (AvgIpc) is 2.92. The lowest BCUT2D eigenvalue weighted by Gasteiger charge is -2.09. The van der Waals surface area contributed by atoms with Crippen LogP contribution < -0.4 is 0 Å². The average molecular weight is 255 g/mol. The van der Waals surface area contributed by atoms with E-state index >= 15 is 0 Å². The van der Waals surface area contributed by atoms with Crippen molar-refractivity contribution < 1.29 is 14.3 Å². The van der Waals surface area contributed by atoms with E-state index in [1.54, 1.807) is 0 Å². The maximum atomic E-state index is 11.4. The van der Waals surface area contributed by atoms with Crippen molar-refractivity contribution in [3.05, 3.63) is 35.9 Å². The summed E-state index contributed by atoms with van der Waals surface area (Å²) in [6, 6.07) is 10.0. The van der Waals surface area contributed by atoms with Gasteiger partial charge in [0.1, 0.15) is 5.60 Å². The third kappa shape index (κ3) is 2.17. The molecule has 4 heteroatoms. The summed E-state index contributed by atoms with van der Waals surface area (Å²) in [4.78, 5) is 11.4. The topological polar surface area (TPSA) is 38.8 Å². The molecule has 1 aromatic rings. The summed E-state index contributed by atoms with van der Waals surface area (Å²) >= 11 is 6.07. The SMILES string of the molecule is COC(=O)C1(Cl)OC1(C)CCc1ccccc1. The van der Waals surface area contributed by atoms with Gasteiger partial charge in [-0.3, -0.25) is 0 Å². The molecule has 2 atom stereocenters. The third-order valence-electron chi connectivity index (χ3n) is 3.19. The molecule has 2 unspecified atom stereocenters. The van der Waals surface area contributed by atoms with Crippen molar-refractivity contribution in [3.8, 4) is 0 Å². The first-order chi connectivity index (χ1) is 8.02. The summed E-state index contributed by atoms with van der Waals surface area (Å²) in [5.41, 5.74) is 0.574. The van der Waals surface area contributed by atoms with Gasteiger partial charge in [-0.1, -0.05) is 41.9 Å². The summed E-state index contributed by atoms with van der Waals surface area (Å²) in [6.07, 6.45) is 1.51. The Hall–Kier alpha value is -1.06. The maximum absolute atomic E-state index is 11.4. The molecule has 0 N–H and O–H groups in total. The van der Waals surface area contributed by atoms with Crippen molar-refractivity contribution in [2.75, 3.05) is 7.11 Å². The molecule has 1 fully saturated rings. The lowest BCUT2D eigenvalue weighted by atomic mass is 9.97. The minimum absolute atomic E-state index is 0.519. The number of ether oxygens (including phenoxy) is 2. The predicted octanol–water partition coefficient (Wildman–Crippen LogP) is 2.52. The molecule has 1 aliphatic heterocycles. The van der Waals surface area contributed by atoms with Gasteiger partial charge < -0.3 is 9.47 Å². The molecule has 0 aromatic heterocycles. The molecule has 17 heavy (non-hydrogen) atoms. The quantitative estimate of drug-likeness (QED) is 0.471. The maximum Gasteiger partial charge on any atom is 0.357 e. The van der Waals surface area contributed by atoms with E-state index in [1.807, 2.05) is 37.3 Å². The largest absolute Gasteiger partial charge is 0.466 e. The van der Waals surface area contributed by atoms with Crippen molar-refractivity contribution in [2.45, 2.75) is 30.4 Å². The van der Waals surface area contributed by atoms with E-state index in [0.29, 0.717) is 6.42 Å². The second-order valence-electron chi connectivity index (χ2n) is 4.41. The highest BCUT2D eigenvalue weighted by Gasteiger charge is 2.72. The van der Waals surface area contributed by atoms with Crippen molar-refractivity contribution in [1.82, 2.24) is 0 Å². The van der Waals surface area contributed by atoms with E-state index in [9.17, 15) is 4.79 Å². The molecule has 3 nitrogen and oxygen atoms in total. The molecular formula is C13H15ClO3. The van der Waals surface area contributed by atoms with Gasteiger partial charge in [-0.05, 0) is 25.3 Å². The van der Waals surface area contributed by atoms with Gasteiger partial charge in [0.25, 0.3) is 5.06 Å². The Balaban J connectivity index is 1.96. The summed E-state index contributed by atoms with van der Waals surface area (Å²) in [6.45, 7) is 1.83. The normalized spacial score (nSPS) is 31.0. The number of aryl methyl sites for hydroxylation is 1. The lowest BCUT2D eigenvalue weighted by Crippen LogP contribution is -2.28. The Morgan fingerprint density at radius 3 is 2.65 bits per heavy atom. The van der Waals surface area contributed by atoms with Gasteiger partial charge in [-0.25, -0.2) is 4.79 Å². The molecule has 0 saturated carbocycles. The number of halogens is 1. The molecule has 2 rings (SSSR count). The van der Waals surface area contributed by atoms with Crippen LogP contribution in [0.15, 0.2) is 30.3 Å². The van der Waals surface area contributed by atoms with E-state index in [1.165, 1.54) is 12.7 Å². The summed E-state index contributed by atoms with van der Waals surface area (Å²) < 4.78 is 9.99. The van der Waals surface area contributed by atoms with Crippen molar-refractivity contribution in [2.24, 2.45) is 0 Å². The molecule has 0 radical (unpaired) electrons. The lowest BCUT2D eigenvalue weighted by molar-refractivity contribution is -0.143. The van der Waals surface area contributed by atoms with Gasteiger partial charge >= 0.3 is 5.97 Å². The monoisotopic (exact) mass is 254 g/mol. The summed E-state index contributed by atoms with van der Waals surface area (Å²) in [7, 11) is 1.31. The smallest absolute Gasteiger partial charge is 0.357 e. The molecule has 1 heterocycles. The fraction of sp³-hybridized carbons (Fsp3) is 0.462. The Kier molecular flexibility index (Phi) is 3.15. The Morgan fingerprint density at radius 2 is 2.06 bits per heavy atom. The number of carbonyl (C=O) groups is 1. The van der Waals surface area contributed by atoms with Gasteiger partial charge in [0.15, 0.2) is 0 Å². The number of esters is 1. The number of hydrogen-bond acceptors (Lipinski definition) is 3. The summed E-state index contributed by atoms with van der Waals surface area (Å²) in [5.74, 6) is -0.519. The molecule has 0 spiro atoms. The molecule has 0 aliphatic carbocycles. The van der Waals surface area contributed by atoms with E-state index in [0.717, 1.165) is 6.42 Å². The zero-order valence-electron chi connectivity index (χ0n) is 9.90. The van der Waals surface area contributed by atoms with Crippen LogP contribution >= 0.6 is 11.6 Å².